The molecule has 5 heteroatoms. The van der Waals surface area contributed by atoms with Crippen LogP contribution in [0.15, 0.2) is 48.5 Å². The number of amides is 1. The van der Waals surface area contributed by atoms with E-state index in [0.29, 0.717) is 24.5 Å². The second-order valence-corrected chi connectivity index (χ2v) is 6.86. The predicted octanol–water partition coefficient (Wildman–Crippen LogP) is 4.31. The zero-order valence-corrected chi connectivity index (χ0v) is 15.8. The number of likely N-dealkylation sites (tertiary alicyclic amines) is 1. The van der Waals surface area contributed by atoms with Gasteiger partial charge in [-0.15, -0.1) is 0 Å². The summed E-state index contributed by atoms with van der Waals surface area (Å²) in [7, 11) is 0. The lowest BCUT2D eigenvalue weighted by Gasteiger charge is -2.29. The normalized spacial score (nSPS) is 15.6. The van der Waals surface area contributed by atoms with Crippen molar-refractivity contribution in [1.29, 1.82) is 0 Å². The summed E-state index contributed by atoms with van der Waals surface area (Å²) in [6, 6.07) is 15.3. The van der Waals surface area contributed by atoms with Crippen molar-refractivity contribution in [2.45, 2.75) is 25.8 Å². The van der Waals surface area contributed by atoms with E-state index >= 15 is 0 Å². The molecule has 26 heavy (non-hydrogen) atoms. The molecule has 3 rings (SSSR count). The first kappa shape index (κ1) is 18.7. The molecule has 1 N–H and O–H groups in total. The highest BCUT2D eigenvalue weighted by atomic mass is 35.5. The lowest BCUT2D eigenvalue weighted by atomic mass is 10.0. The summed E-state index contributed by atoms with van der Waals surface area (Å²) in [6.45, 7) is 5.10. The second-order valence-electron chi connectivity index (χ2n) is 6.45. The average Bonchev–Trinajstić information content (AvgIpc) is 3.18. The van der Waals surface area contributed by atoms with Crippen LogP contribution in [0.3, 0.4) is 0 Å². The third-order valence-electron chi connectivity index (χ3n) is 4.71. The van der Waals surface area contributed by atoms with Gasteiger partial charge in [-0.25, -0.2) is 0 Å². The molecule has 1 saturated heterocycles. The molecular formula is C21H25ClN2O2. The minimum absolute atomic E-state index is 0.0882. The van der Waals surface area contributed by atoms with Crippen molar-refractivity contribution in [1.82, 2.24) is 10.2 Å². The van der Waals surface area contributed by atoms with Gasteiger partial charge in [-0.3, -0.25) is 9.69 Å². The first-order valence-corrected chi connectivity index (χ1v) is 9.56. The van der Waals surface area contributed by atoms with Gasteiger partial charge < -0.3 is 10.1 Å². The minimum atomic E-state index is -0.0946. The van der Waals surface area contributed by atoms with E-state index in [1.165, 1.54) is 12.8 Å². The lowest BCUT2D eigenvalue weighted by molar-refractivity contribution is 0.0937. The highest BCUT2D eigenvalue weighted by Gasteiger charge is 2.25. The summed E-state index contributed by atoms with van der Waals surface area (Å²) >= 11 is 6.43. The van der Waals surface area contributed by atoms with Crippen LogP contribution < -0.4 is 10.1 Å². The summed E-state index contributed by atoms with van der Waals surface area (Å²) in [4.78, 5) is 15.0. The molecule has 0 radical (unpaired) electrons. The van der Waals surface area contributed by atoms with E-state index in [1.807, 2.05) is 43.3 Å². The number of carbonyl (C=O) groups is 1. The summed E-state index contributed by atoms with van der Waals surface area (Å²) < 4.78 is 5.48. The number of hydrogen-bond donors (Lipinski definition) is 1. The molecule has 0 saturated carbocycles. The molecule has 1 atom stereocenters. The maximum atomic E-state index is 12.6. The molecule has 0 aromatic heterocycles. The Bertz CT molecular complexity index is 744. The first-order valence-electron chi connectivity index (χ1n) is 9.18. The summed E-state index contributed by atoms with van der Waals surface area (Å²) in [5.41, 5.74) is 1.68. The van der Waals surface area contributed by atoms with Crippen LogP contribution in [0.5, 0.6) is 5.75 Å². The topological polar surface area (TPSA) is 41.6 Å². The monoisotopic (exact) mass is 372 g/mol. The molecular weight excluding hydrogens is 348 g/mol. The van der Waals surface area contributed by atoms with Gasteiger partial charge in [0.05, 0.1) is 12.6 Å². The number of halogens is 1. The van der Waals surface area contributed by atoms with Crippen LogP contribution in [-0.4, -0.2) is 37.0 Å². The maximum Gasteiger partial charge on any atom is 0.251 e. The number of rotatable bonds is 7. The van der Waals surface area contributed by atoms with Crippen LogP contribution in [0.25, 0.3) is 0 Å². The number of carbonyl (C=O) groups excluding carboxylic acids is 1. The molecule has 1 aliphatic heterocycles. The van der Waals surface area contributed by atoms with E-state index in [1.54, 1.807) is 12.1 Å². The Hall–Kier alpha value is -2.04. The summed E-state index contributed by atoms with van der Waals surface area (Å²) in [5, 5.41) is 3.82. The van der Waals surface area contributed by atoms with Gasteiger partial charge in [0.15, 0.2) is 0 Å². The molecule has 1 amide bonds. The van der Waals surface area contributed by atoms with E-state index in [2.05, 4.69) is 10.2 Å². The zero-order valence-electron chi connectivity index (χ0n) is 15.1. The van der Waals surface area contributed by atoms with Crippen molar-refractivity contribution in [2.75, 3.05) is 26.2 Å². The smallest absolute Gasteiger partial charge is 0.251 e. The molecule has 1 heterocycles. The molecule has 0 bridgehead atoms. The first-order chi connectivity index (χ1) is 12.7. The highest BCUT2D eigenvalue weighted by Crippen LogP contribution is 2.29. The van der Waals surface area contributed by atoms with E-state index in [0.717, 1.165) is 23.7 Å². The van der Waals surface area contributed by atoms with E-state index in [-0.39, 0.29) is 11.9 Å². The van der Waals surface area contributed by atoms with E-state index < -0.39 is 0 Å². The number of nitrogens with one attached hydrogen (secondary N) is 1. The molecule has 2 aromatic rings. The molecule has 1 fully saturated rings. The third kappa shape index (κ3) is 4.57. The van der Waals surface area contributed by atoms with Crippen molar-refractivity contribution in [3.05, 3.63) is 64.7 Å². The van der Waals surface area contributed by atoms with Crippen molar-refractivity contribution in [3.63, 3.8) is 0 Å². The van der Waals surface area contributed by atoms with Crippen LogP contribution >= 0.6 is 11.6 Å². The number of benzene rings is 2. The van der Waals surface area contributed by atoms with Crippen LogP contribution in [0, 0.1) is 0 Å². The summed E-state index contributed by atoms with van der Waals surface area (Å²) in [5.74, 6) is 0.616. The Kier molecular flexibility index (Phi) is 6.53. The fourth-order valence-corrected chi connectivity index (χ4v) is 3.68. The molecule has 1 aliphatic rings. The van der Waals surface area contributed by atoms with Gasteiger partial charge in [-0.05, 0) is 62.7 Å². The van der Waals surface area contributed by atoms with Crippen LogP contribution in [-0.2, 0) is 0 Å². The molecule has 4 nitrogen and oxygen atoms in total. The predicted molar refractivity (Wildman–Crippen MR) is 105 cm³/mol. The maximum absolute atomic E-state index is 12.6. The highest BCUT2D eigenvalue weighted by molar-refractivity contribution is 6.31. The fraction of sp³-hybridized carbons (Fsp3) is 0.381. The Morgan fingerprint density at radius 2 is 1.96 bits per heavy atom. The number of nitrogens with zero attached hydrogens (tertiary/aromatic N) is 1. The largest absolute Gasteiger partial charge is 0.494 e. The number of hydrogen-bond acceptors (Lipinski definition) is 3. The minimum Gasteiger partial charge on any atom is -0.494 e. The van der Waals surface area contributed by atoms with Crippen molar-refractivity contribution in [2.24, 2.45) is 0 Å². The number of ether oxygens (including phenoxy) is 1. The molecule has 0 spiro atoms. The summed E-state index contributed by atoms with van der Waals surface area (Å²) in [6.07, 6.45) is 2.37. The van der Waals surface area contributed by atoms with Gasteiger partial charge in [0.25, 0.3) is 5.91 Å². The van der Waals surface area contributed by atoms with Gasteiger partial charge in [-0.1, -0.05) is 35.9 Å². The zero-order chi connectivity index (χ0) is 18.4. The van der Waals surface area contributed by atoms with Crippen LogP contribution in [0.1, 0.15) is 41.7 Å². The van der Waals surface area contributed by atoms with Crippen LogP contribution in [0.2, 0.25) is 5.02 Å². The lowest BCUT2D eigenvalue weighted by Crippen LogP contribution is -2.37. The molecule has 0 aliphatic carbocycles. The van der Waals surface area contributed by atoms with Gasteiger partial charge in [0.2, 0.25) is 0 Å². The van der Waals surface area contributed by atoms with E-state index in [4.69, 9.17) is 16.3 Å². The SMILES string of the molecule is CCOc1cccc(C(=O)NC[C@@H](c2ccccc2Cl)N2CCCC2)c1. The van der Waals surface area contributed by atoms with Crippen molar-refractivity contribution >= 4 is 17.5 Å². The fourth-order valence-electron chi connectivity index (χ4n) is 3.42. The molecule has 2 aromatic carbocycles. The quantitative estimate of drug-likeness (QED) is 0.787. The van der Waals surface area contributed by atoms with Gasteiger partial charge in [0, 0.05) is 17.1 Å². The second kappa shape index (κ2) is 9.06. The van der Waals surface area contributed by atoms with Crippen molar-refractivity contribution in [3.8, 4) is 5.75 Å². The van der Waals surface area contributed by atoms with Gasteiger partial charge in [0.1, 0.15) is 5.75 Å². The van der Waals surface area contributed by atoms with E-state index in [9.17, 15) is 4.79 Å². The Labute approximate surface area is 160 Å². The van der Waals surface area contributed by atoms with Gasteiger partial charge >= 0.3 is 0 Å². The average molecular weight is 373 g/mol. The van der Waals surface area contributed by atoms with Gasteiger partial charge in [-0.2, -0.15) is 0 Å². The molecule has 0 unspecified atom stereocenters. The molecule has 138 valence electrons. The Morgan fingerprint density at radius 3 is 2.69 bits per heavy atom. The Morgan fingerprint density at radius 1 is 1.19 bits per heavy atom. The van der Waals surface area contributed by atoms with Crippen molar-refractivity contribution < 1.29 is 9.53 Å². The van der Waals surface area contributed by atoms with Crippen LogP contribution in [0.4, 0.5) is 0 Å². The third-order valence-corrected chi connectivity index (χ3v) is 5.05. The standard InChI is InChI=1S/C21H25ClN2O2/c1-2-26-17-9-7-8-16(14-17)21(25)23-15-20(24-12-5-6-13-24)18-10-3-4-11-19(18)22/h3-4,7-11,14,20H,2,5-6,12-13,15H2,1H3,(H,23,25)/t20-/m0/s1. The Balaban J connectivity index is 1.72.